The summed E-state index contributed by atoms with van der Waals surface area (Å²) in [6.45, 7) is 2.06. The van der Waals surface area contributed by atoms with E-state index in [0.29, 0.717) is 10.9 Å². The predicted molar refractivity (Wildman–Crippen MR) is 87.2 cm³/mol. The lowest BCUT2D eigenvalue weighted by Gasteiger charge is -2.01. The number of primary amides is 1. The van der Waals surface area contributed by atoms with Gasteiger partial charge >= 0.3 is 0 Å². The molecule has 0 aliphatic rings. The normalized spacial score (nSPS) is 11.2. The fraction of sp³-hybridized carbons (Fsp3) is 0.200. The first-order valence-electron chi connectivity index (χ1n) is 6.35. The van der Waals surface area contributed by atoms with Crippen LogP contribution >= 0.6 is 23.4 Å². The van der Waals surface area contributed by atoms with Crippen molar-refractivity contribution >= 4 is 35.3 Å². The zero-order valence-electron chi connectivity index (χ0n) is 11.8. The minimum atomic E-state index is -0.507. The zero-order valence-corrected chi connectivity index (χ0v) is 13.4. The highest BCUT2D eigenvalue weighted by atomic mass is 35.5. The van der Waals surface area contributed by atoms with Crippen molar-refractivity contribution in [2.75, 3.05) is 0 Å². The van der Waals surface area contributed by atoms with Crippen molar-refractivity contribution in [3.8, 4) is 0 Å². The van der Waals surface area contributed by atoms with Crippen molar-refractivity contribution < 1.29 is 4.79 Å². The SMILES string of the molecule is Cc1ccc(SCc2nn(C)c(Cl)c2/C=C\C(N)=O)cc1. The van der Waals surface area contributed by atoms with Gasteiger partial charge in [0.05, 0.1) is 5.69 Å². The molecule has 0 fully saturated rings. The van der Waals surface area contributed by atoms with E-state index in [0.717, 1.165) is 16.2 Å². The summed E-state index contributed by atoms with van der Waals surface area (Å²) >= 11 is 7.86. The Kier molecular flexibility index (Phi) is 5.09. The van der Waals surface area contributed by atoms with Crippen LogP contribution in [0.5, 0.6) is 0 Å². The van der Waals surface area contributed by atoms with E-state index in [9.17, 15) is 4.79 Å². The summed E-state index contributed by atoms with van der Waals surface area (Å²) in [6, 6.07) is 8.29. The fourth-order valence-electron chi connectivity index (χ4n) is 1.80. The molecule has 2 N–H and O–H groups in total. The molecule has 1 heterocycles. The van der Waals surface area contributed by atoms with Gasteiger partial charge in [-0.05, 0) is 25.1 Å². The molecule has 0 radical (unpaired) electrons. The molecule has 6 heteroatoms. The second-order valence-electron chi connectivity index (χ2n) is 4.61. The molecule has 1 aromatic heterocycles. The van der Waals surface area contributed by atoms with Gasteiger partial charge in [0.15, 0.2) is 0 Å². The van der Waals surface area contributed by atoms with Crippen LogP contribution in [0.4, 0.5) is 0 Å². The van der Waals surface area contributed by atoms with Gasteiger partial charge in [0.25, 0.3) is 0 Å². The van der Waals surface area contributed by atoms with Crippen LogP contribution in [-0.4, -0.2) is 15.7 Å². The molecule has 4 nitrogen and oxygen atoms in total. The lowest BCUT2D eigenvalue weighted by atomic mass is 10.2. The maximum absolute atomic E-state index is 10.9. The van der Waals surface area contributed by atoms with Gasteiger partial charge in [-0.3, -0.25) is 9.48 Å². The number of rotatable bonds is 5. The first-order valence-corrected chi connectivity index (χ1v) is 7.72. The summed E-state index contributed by atoms with van der Waals surface area (Å²) in [5, 5.41) is 4.87. The van der Waals surface area contributed by atoms with E-state index >= 15 is 0 Å². The van der Waals surface area contributed by atoms with E-state index < -0.39 is 5.91 Å². The van der Waals surface area contributed by atoms with Crippen LogP contribution in [0.15, 0.2) is 35.2 Å². The summed E-state index contributed by atoms with van der Waals surface area (Å²) in [5.41, 5.74) is 7.91. The summed E-state index contributed by atoms with van der Waals surface area (Å²) in [5.74, 6) is 0.161. The molecule has 0 atom stereocenters. The molecule has 0 saturated carbocycles. The van der Waals surface area contributed by atoms with Gasteiger partial charge in [-0.15, -0.1) is 11.8 Å². The Morgan fingerprint density at radius 3 is 2.71 bits per heavy atom. The standard InChI is InChI=1S/C15H16ClN3OS/c1-10-3-5-11(6-4-10)21-9-13-12(7-8-14(17)20)15(16)19(2)18-13/h3-8H,9H2,1-2H3,(H2,17,20)/b8-7-. The van der Waals surface area contributed by atoms with Gasteiger partial charge in [0, 0.05) is 29.3 Å². The van der Waals surface area contributed by atoms with Gasteiger partial charge in [-0.25, -0.2) is 0 Å². The largest absolute Gasteiger partial charge is 0.366 e. The fourth-order valence-corrected chi connectivity index (χ4v) is 2.85. The first kappa shape index (κ1) is 15.7. The number of thioether (sulfide) groups is 1. The van der Waals surface area contributed by atoms with Crippen molar-refractivity contribution in [3.05, 3.63) is 52.3 Å². The molecule has 0 unspecified atom stereocenters. The lowest BCUT2D eigenvalue weighted by Crippen LogP contribution is -2.05. The Balaban J connectivity index is 2.17. The van der Waals surface area contributed by atoms with Crippen LogP contribution in [0.25, 0.3) is 6.08 Å². The van der Waals surface area contributed by atoms with Crippen LogP contribution in [-0.2, 0) is 17.6 Å². The summed E-state index contributed by atoms with van der Waals surface area (Å²) in [7, 11) is 1.77. The molecule has 0 spiro atoms. The van der Waals surface area contributed by atoms with Gasteiger partial charge in [-0.2, -0.15) is 5.10 Å². The number of nitrogens with zero attached hydrogens (tertiary/aromatic N) is 2. The Morgan fingerprint density at radius 1 is 1.43 bits per heavy atom. The van der Waals surface area contributed by atoms with E-state index in [2.05, 4.69) is 36.3 Å². The zero-order chi connectivity index (χ0) is 15.4. The molecule has 21 heavy (non-hydrogen) atoms. The van der Waals surface area contributed by atoms with Gasteiger partial charge in [-0.1, -0.05) is 29.3 Å². The molecule has 0 bridgehead atoms. The van der Waals surface area contributed by atoms with E-state index in [-0.39, 0.29) is 0 Å². The van der Waals surface area contributed by atoms with Crippen molar-refractivity contribution in [1.29, 1.82) is 0 Å². The second-order valence-corrected chi connectivity index (χ2v) is 6.02. The molecule has 2 rings (SSSR count). The number of hydrogen-bond acceptors (Lipinski definition) is 3. The van der Waals surface area contributed by atoms with Crippen LogP contribution in [0.1, 0.15) is 16.8 Å². The summed E-state index contributed by atoms with van der Waals surface area (Å²) in [4.78, 5) is 12.0. The monoisotopic (exact) mass is 321 g/mol. The third kappa shape index (κ3) is 4.12. The Bertz CT molecular complexity index is 677. The molecule has 0 aliphatic carbocycles. The molecule has 0 aliphatic heterocycles. The van der Waals surface area contributed by atoms with Crippen molar-refractivity contribution in [2.45, 2.75) is 17.6 Å². The Morgan fingerprint density at radius 2 is 2.10 bits per heavy atom. The van der Waals surface area contributed by atoms with Crippen molar-refractivity contribution in [1.82, 2.24) is 9.78 Å². The summed E-state index contributed by atoms with van der Waals surface area (Å²) in [6.07, 6.45) is 2.91. The molecule has 0 saturated heterocycles. The number of benzene rings is 1. The predicted octanol–water partition coefficient (Wildman–Crippen LogP) is 3.17. The van der Waals surface area contributed by atoms with E-state index in [1.54, 1.807) is 29.6 Å². The third-order valence-corrected chi connectivity index (χ3v) is 4.37. The van der Waals surface area contributed by atoms with Gasteiger partial charge in [0.2, 0.25) is 5.91 Å². The second kappa shape index (κ2) is 6.83. The average Bonchev–Trinajstić information content (AvgIpc) is 2.71. The van der Waals surface area contributed by atoms with Crippen LogP contribution < -0.4 is 5.73 Å². The van der Waals surface area contributed by atoms with Crippen molar-refractivity contribution in [2.24, 2.45) is 12.8 Å². The topological polar surface area (TPSA) is 60.9 Å². The maximum Gasteiger partial charge on any atom is 0.241 e. The highest BCUT2D eigenvalue weighted by Crippen LogP contribution is 2.28. The number of hydrogen-bond donors (Lipinski definition) is 1. The van der Waals surface area contributed by atoms with Gasteiger partial charge < -0.3 is 5.73 Å². The maximum atomic E-state index is 10.9. The number of amides is 1. The number of carbonyl (C=O) groups excluding carboxylic acids is 1. The molecule has 2 aromatic rings. The summed E-state index contributed by atoms with van der Waals surface area (Å²) < 4.78 is 1.59. The van der Waals surface area contributed by atoms with Crippen molar-refractivity contribution in [3.63, 3.8) is 0 Å². The van der Waals surface area contributed by atoms with E-state index in [4.69, 9.17) is 17.3 Å². The third-order valence-electron chi connectivity index (χ3n) is 2.90. The Hall–Kier alpha value is -1.72. The number of nitrogens with two attached hydrogens (primary N) is 1. The minimum Gasteiger partial charge on any atom is -0.366 e. The Labute approximate surface area is 133 Å². The lowest BCUT2D eigenvalue weighted by molar-refractivity contribution is -0.113. The number of aromatic nitrogens is 2. The number of halogens is 1. The molecular formula is C15H16ClN3OS. The van der Waals surface area contributed by atoms with Crippen LogP contribution in [0.2, 0.25) is 5.15 Å². The first-order chi connectivity index (χ1) is 9.97. The number of aryl methyl sites for hydroxylation is 2. The number of carbonyl (C=O) groups is 1. The highest BCUT2D eigenvalue weighted by molar-refractivity contribution is 7.98. The van der Waals surface area contributed by atoms with E-state index in [1.807, 2.05) is 0 Å². The minimum absolute atomic E-state index is 0.493. The molecular weight excluding hydrogens is 306 g/mol. The molecule has 1 amide bonds. The molecule has 110 valence electrons. The van der Waals surface area contributed by atoms with Gasteiger partial charge in [0.1, 0.15) is 5.15 Å². The highest BCUT2D eigenvalue weighted by Gasteiger charge is 2.12. The van der Waals surface area contributed by atoms with Crippen LogP contribution in [0.3, 0.4) is 0 Å². The van der Waals surface area contributed by atoms with Crippen LogP contribution in [0, 0.1) is 6.92 Å². The van der Waals surface area contributed by atoms with E-state index in [1.165, 1.54) is 11.6 Å². The average molecular weight is 322 g/mol. The quantitative estimate of drug-likeness (QED) is 0.679. The molecule has 1 aromatic carbocycles. The smallest absolute Gasteiger partial charge is 0.241 e.